The van der Waals surface area contributed by atoms with Crippen molar-refractivity contribution in [3.63, 3.8) is 0 Å². The lowest BCUT2D eigenvalue weighted by Crippen LogP contribution is -1.97. The van der Waals surface area contributed by atoms with Crippen LogP contribution in [0.25, 0.3) is 0 Å². The molecule has 0 radical (unpaired) electrons. The largest absolute Gasteiger partial charge is 0.496 e. The smallest absolute Gasteiger partial charge is 0.121 e. The van der Waals surface area contributed by atoms with Crippen molar-refractivity contribution >= 4 is 27.5 Å². The first kappa shape index (κ1) is 14.4. The zero-order chi connectivity index (χ0) is 14.0. The highest BCUT2D eigenvalue weighted by atomic mass is 79.9. The zero-order valence-electron chi connectivity index (χ0n) is 11.2. The van der Waals surface area contributed by atoms with Crippen LogP contribution in [0.1, 0.15) is 27.1 Å². The van der Waals surface area contributed by atoms with Gasteiger partial charge in [0.25, 0.3) is 0 Å². The van der Waals surface area contributed by atoms with Crippen molar-refractivity contribution in [3.8, 4) is 5.75 Å². The Morgan fingerprint density at radius 1 is 1.11 bits per heavy atom. The van der Waals surface area contributed by atoms with Crippen LogP contribution in [-0.4, -0.2) is 7.11 Å². The van der Waals surface area contributed by atoms with Gasteiger partial charge in [-0.25, -0.2) is 0 Å². The Morgan fingerprint density at radius 2 is 1.84 bits per heavy atom. The van der Waals surface area contributed by atoms with Crippen molar-refractivity contribution in [2.24, 2.45) is 0 Å². The first-order valence-electron chi connectivity index (χ1n) is 6.08. The molecule has 0 spiro atoms. The molecule has 0 saturated heterocycles. The highest BCUT2D eigenvalue weighted by Crippen LogP contribution is 2.37. The molecule has 1 nitrogen and oxygen atoms in total. The summed E-state index contributed by atoms with van der Waals surface area (Å²) in [4.78, 5) is 0.0875. The molecule has 2 aromatic carbocycles. The number of methoxy groups -OCH3 is 1. The topological polar surface area (TPSA) is 9.23 Å². The lowest BCUT2D eigenvalue weighted by Gasteiger charge is -2.15. The molecular formula is C16H16BrClO. The van der Waals surface area contributed by atoms with Gasteiger partial charge in [0.2, 0.25) is 0 Å². The molecule has 0 bridgehead atoms. The van der Waals surface area contributed by atoms with E-state index in [9.17, 15) is 0 Å². The summed E-state index contributed by atoms with van der Waals surface area (Å²) in [5.74, 6) is 0.902. The molecule has 0 N–H and O–H groups in total. The molecule has 3 heteroatoms. The Labute approximate surface area is 127 Å². The van der Waals surface area contributed by atoms with E-state index in [1.165, 1.54) is 5.56 Å². The molecule has 2 aromatic rings. The maximum Gasteiger partial charge on any atom is 0.121 e. The Bertz CT molecular complexity index is 595. The minimum absolute atomic E-state index is 0.0875. The van der Waals surface area contributed by atoms with Crippen molar-refractivity contribution in [2.75, 3.05) is 7.11 Å². The number of alkyl halides is 1. The average Bonchev–Trinajstić information content (AvgIpc) is 2.41. The monoisotopic (exact) mass is 338 g/mol. The predicted octanol–water partition coefficient (Wildman–Crippen LogP) is 5.45. The van der Waals surface area contributed by atoms with Crippen molar-refractivity contribution < 1.29 is 4.74 Å². The zero-order valence-corrected chi connectivity index (χ0v) is 13.5. The number of hydrogen-bond acceptors (Lipinski definition) is 1. The highest BCUT2D eigenvalue weighted by Gasteiger charge is 2.15. The molecule has 1 unspecified atom stereocenters. The van der Waals surface area contributed by atoms with Crippen LogP contribution < -0.4 is 4.74 Å². The first-order valence-corrected chi connectivity index (χ1v) is 7.37. The lowest BCUT2D eigenvalue weighted by atomic mass is 10.0. The van der Waals surface area contributed by atoms with Gasteiger partial charge in [-0.3, -0.25) is 0 Å². The molecule has 19 heavy (non-hydrogen) atoms. The van der Waals surface area contributed by atoms with Gasteiger partial charge in [-0.2, -0.15) is 0 Å². The summed E-state index contributed by atoms with van der Waals surface area (Å²) in [5, 5.41) is 0.817. The van der Waals surface area contributed by atoms with E-state index in [0.29, 0.717) is 0 Å². The van der Waals surface area contributed by atoms with Gasteiger partial charge in [0, 0.05) is 5.02 Å². The summed E-state index contributed by atoms with van der Waals surface area (Å²) in [5.41, 5.74) is 4.47. The molecular weight excluding hydrogens is 324 g/mol. The van der Waals surface area contributed by atoms with Crippen molar-refractivity contribution in [3.05, 3.63) is 63.7 Å². The fourth-order valence-corrected chi connectivity index (χ4v) is 3.14. The van der Waals surface area contributed by atoms with Crippen molar-refractivity contribution in [1.29, 1.82) is 0 Å². The molecule has 0 saturated carbocycles. The number of hydrogen-bond donors (Lipinski definition) is 0. The van der Waals surface area contributed by atoms with E-state index in [2.05, 4.69) is 28.1 Å². The molecule has 100 valence electrons. The minimum Gasteiger partial charge on any atom is -0.496 e. The van der Waals surface area contributed by atoms with E-state index in [0.717, 1.165) is 27.5 Å². The number of ether oxygens (including phenoxy) is 1. The number of benzene rings is 2. The van der Waals surface area contributed by atoms with Crippen LogP contribution in [-0.2, 0) is 0 Å². The molecule has 2 rings (SSSR count). The van der Waals surface area contributed by atoms with E-state index in [1.807, 2.05) is 38.1 Å². The van der Waals surface area contributed by atoms with Gasteiger partial charge in [0.05, 0.1) is 11.9 Å². The maximum atomic E-state index is 6.38. The quantitative estimate of drug-likeness (QED) is 0.676. The second-order valence-corrected chi connectivity index (χ2v) is 5.86. The van der Waals surface area contributed by atoms with E-state index in [4.69, 9.17) is 16.3 Å². The molecule has 0 amide bonds. The molecule has 0 fully saturated rings. The van der Waals surface area contributed by atoms with Crippen LogP contribution >= 0.6 is 27.5 Å². The summed E-state index contributed by atoms with van der Waals surface area (Å²) >= 11 is 10.1. The summed E-state index contributed by atoms with van der Waals surface area (Å²) < 4.78 is 5.29. The van der Waals surface area contributed by atoms with E-state index in [-0.39, 0.29) is 4.83 Å². The Morgan fingerprint density at radius 3 is 2.47 bits per heavy atom. The number of halogens is 2. The third-order valence-corrected chi connectivity index (χ3v) is 4.74. The molecule has 0 aromatic heterocycles. The summed E-state index contributed by atoms with van der Waals surface area (Å²) in [6.07, 6.45) is 0. The summed E-state index contributed by atoms with van der Waals surface area (Å²) in [7, 11) is 1.69. The van der Waals surface area contributed by atoms with Gasteiger partial charge in [-0.05, 0) is 42.2 Å². The van der Waals surface area contributed by atoms with Gasteiger partial charge in [0.1, 0.15) is 5.75 Å². The second kappa shape index (κ2) is 5.98. The van der Waals surface area contributed by atoms with E-state index >= 15 is 0 Å². The third-order valence-electron chi connectivity index (χ3n) is 3.21. The second-order valence-electron chi connectivity index (χ2n) is 4.57. The summed E-state index contributed by atoms with van der Waals surface area (Å²) in [6, 6.07) is 12.3. The summed E-state index contributed by atoms with van der Waals surface area (Å²) in [6.45, 7) is 4.06. The first-order chi connectivity index (χ1) is 9.04. The van der Waals surface area contributed by atoms with Crippen LogP contribution in [0.15, 0.2) is 36.4 Å². The third kappa shape index (κ3) is 2.96. The molecule has 0 aliphatic heterocycles. The lowest BCUT2D eigenvalue weighted by molar-refractivity contribution is 0.411. The van der Waals surface area contributed by atoms with Gasteiger partial charge >= 0.3 is 0 Å². The van der Waals surface area contributed by atoms with Gasteiger partial charge in [0.15, 0.2) is 0 Å². The van der Waals surface area contributed by atoms with Gasteiger partial charge < -0.3 is 4.74 Å². The van der Waals surface area contributed by atoms with Gasteiger partial charge in [-0.1, -0.05) is 57.9 Å². The maximum absolute atomic E-state index is 6.38. The van der Waals surface area contributed by atoms with Crippen LogP contribution in [0, 0.1) is 13.8 Å². The van der Waals surface area contributed by atoms with Crippen LogP contribution in [0.4, 0.5) is 0 Å². The fraction of sp³-hybridized carbons (Fsp3) is 0.250. The molecule has 0 aliphatic rings. The van der Waals surface area contributed by atoms with E-state index < -0.39 is 0 Å². The Balaban J connectivity index is 2.41. The SMILES string of the molecule is COc1ccc(C(Br)c2cccc(C)c2Cl)cc1C. The standard InChI is InChI=1S/C16H16BrClO/c1-10-5-4-6-13(16(10)18)15(17)12-7-8-14(19-3)11(2)9-12/h4-9,15H,1-3H3. The van der Waals surface area contributed by atoms with Crippen LogP contribution in [0.5, 0.6) is 5.75 Å². The van der Waals surface area contributed by atoms with Crippen molar-refractivity contribution in [1.82, 2.24) is 0 Å². The fourth-order valence-electron chi connectivity index (χ4n) is 2.10. The van der Waals surface area contributed by atoms with Crippen LogP contribution in [0.3, 0.4) is 0 Å². The number of rotatable bonds is 3. The van der Waals surface area contributed by atoms with E-state index in [1.54, 1.807) is 7.11 Å². The number of aryl methyl sites for hydroxylation is 2. The molecule has 0 aliphatic carbocycles. The van der Waals surface area contributed by atoms with Gasteiger partial charge in [-0.15, -0.1) is 0 Å². The minimum atomic E-state index is 0.0875. The molecule has 1 atom stereocenters. The molecule has 0 heterocycles. The Hall–Kier alpha value is -0.990. The normalized spacial score (nSPS) is 12.3. The van der Waals surface area contributed by atoms with Crippen LogP contribution in [0.2, 0.25) is 5.02 Å². The average molecular weight is 340 g/mol. The highest BCUT2D eigenvalue weighted by molar-refractivity contribution is 9.09. The Kier molecular flexibility index (Phi) is 4.54. The van der Waals surface area contributed by atoms with Crippen molar-refractivity contribution in [2.45, 2.75) is 18.7 Å². The predicted molar refractivity (Wildman–Crippen MR) is 84.7 cm³/mol.